The number of nitrogens with zero attached hydrogens (tertiary/aromatic N) is 1. The molecule has 0 aliphatic heterocycles. The third-order valence-corrected chi connectivity index (χ3v) is 2.10. The first-order valence-electron chi connectivity index (χ1n) is 4.55. The molecular formula is C10H10FNO5. The summed E-state index contributed by atoms with van der Waals surface area (Å²) in [6.07, 6.45) is -2.05. The Morgan fingerprint density at radius 1 is 1.47 bits per heavy atom. The number of rotatable bonds is 4. The molecule has 1 rings (SSSR count). The van der Waals surface area contributed by atoms with E-state index in [-0.39, 0.29) is 11.3 Å². The highest BCUT2D eigenvalue weighted by Crippen LogP contribution is 2.31. The van der Waals surface area contributed by atoms with Gasteiger partial charge in [0.15, 0.2) is 5.75 Å². The number of ether oxygens (including phenoxy) is 2. The molecule has 0 aliphatic rings. The summed E-state index contributed by atoms with van der Waals surface area (Å²) in [5.41, 5.74) is -0.555. The van der Waals surface area contributed by atoms with E-state index in [9.17, 15) is 19.3 Å². The number of hydrogen-bond acceptors (Lipinski definition) is 5. The predicted octanol–water partition coefficient (Wildman–Crippen LogP) is 1.79. The molecule has 0 radical (unpaired) electrons. The molecule has 7 heteroatoms. The van der Waals surface area contributed by atoms with Crippen LogP contribution in [0, 0.1) is 10.1 Å². The van der Waals surface area contributed by atoms with Gasteiger partial charge in [0.2, 0.25) is 6.17 Å². The molecule has 17 heavy (non-hydrogen) atoms. The molecule has 0 fully saturated rings. The molecule has 1 aromatic carbocycles. The minimum Gasteiger partial charge on any atom is -0.490 e. The fourth-order valence-corrected chi connectivity index (χ4v) is 1.25. The average Bonchev–Trinajstić information content (AvgIpc) is 2.35. The van der Waals surface area contributed by atoms with Gasteiger partial charge in [-0.3, -0.25) is 10.1 Å². The minimum absolute atomic E-state index is 0.00387. The van der Waals surface area contributed by atoms with E-state index >= 15 is 0 Å². The summed E-state index contributed by atoms with van der Waals surface area (Å²) >= 11 is 0. The zero-order valence-corrected chi connectivity index (χ0v) is 9.18. The van der Waals surface area contributed by atoms with Crippen molar-refractivity contribution in [1.29, 1.82) is 0 Å². The maximum Gasteiger partial charge on any atom is 0.345 e. The number of carbonyl (C=O) groups excluding carboxylic acids is 1. The maximum atomic E-state index is 13.5. The van der Waals surface area contributed by atoms with Gasteiger partial charge in [-0.05, 0) is 6.07 Å². The number of esters is 1. The second-order valence-corrected chi connectivity index (χ2v) is 3.07. The van der Waals surface area contributed by atoms with Crippen LogP contribution in [0.15, 0.2) is 18.2 Å². The Balaban J connectivity index is 3.16. The van der Waals surface area contributed by atoms with Gasteiger partial charge in [-0.2, -0.15) is 0 Å². The van der Waals surface area contributed by atoms with Crippen LogP contribution in [0.5, 0.6) is 5.75 Å². The lowest BCUT2D eigenvalue weighted by Crippen LogP contribution is -2.10. The minimum atomic E-state index is -2.05. The monoisotopic (exact) mass is 243 g/mol. The third-order valence-electron chi connectivity index (χ3n) is 2.10. The highest BCUT2D eigenvalue weighted by molar-refractivity contribution is 5.76. The molecular weight excluding hydrogens is 233 g/mol. The summed E-state index contributed by atoms with van der Waals surface area (Å²) in [4.78, 5) is 20.9. The molecule has 6 nitrogen and oxygen atoms in total. The quantitative estimate of drug-likeness (QED) is 0.457. The van der Waals surface area contributed by atoms with Crippen molar-refractivity contribution < 1.29 is 23.6 Å². The average molecular weight is 243 g/mol. The van der Waals surface area contributed by atoms with Crippen LogP contribution in [0.25, 0.3) is 0 Å². The Hall–Kier alpha value is -2.18. The van der Waals surface area contributed by atoms with Gasteiger partial charge in [0.1, 0.15) is 0 Å². The lowest BCUT2D eigenvalue weighted by Gasteiger charge is -2.07. The summed E-state index contributed by atoms with van der Waals surface area (Å²) < 4.78 is 22.4. The number of alkyl halides is 1. The smallest absolute Gasteiger partial charge is 0.345 e. The zero-order valence-electron chi connectivity index (χ0n) is 9.18. The first-order chi connectivity index (χ1) is 8.01. The molecule has 0 saturated carbocycles. The fourth-order valence-electron chi connectivity index (χ4n) is 1.25. The van der Waals surface area contributed by atoms with Crippen molar-refractivity contribution in [2.45, 2.75) is 6.17 Å². The van der Waals surface area contributed by atoms with Crippen molar-refractivity contribution in [2.24, 2.45) is 0 Å². The van der Waals surface area contributed by atoms with Crippen molar-refractivity contribution in [3.05, 3.63) is 33.9 Å². The van der Waals surface area contributed by atoms with Gasteiger partial charge in [-0.1, -0.05) is 6.07 Å². The first kappa shape index (κ1) is 12.9. The number of hydrogen-bond donors (Lipinski definition) is 0. The van der Waals surface area contributed by atoms with E-state index in [1.165, 1.54) is 19.2 Å². The van der Waals surface area contributed by atoms with Crippen molar-refractivity contribution in [1.82, 2.24) is 0 Å². The molecule has 0 spiro atoms. The van der Waals surface area contributed by atoms with E-state index in [1.54, 1.807) is 0 Å². The van der Waals surface area contributed by atoms with Gasteiger partial charge >= 0.3 is 11.7 Å². The van der Waals surface area contributed by atoms with E-state index in [2.05, 4.69) is 4.74 Å². The van der Waals surface area contributed by atoms with Gasteiger partial charge in [0.05, 0.1) is 19.1 Å². The number of halogens is 1. The number of methoxy groups -OCH3 is 2. The van der Waals surface area contributed by atoms with Crippen LogP contribution < -0.4 is 4.74 Å². The Bertz CT molecular complexity index is 448. The standard InChI is InChI=1S/C10H10FNO5/c1-16-8-4-3-6(5-7(8)12(14)15)9(11)10(13)17-2/h3-5,9H,1-2H3. The Kier molecular flexibility index (Phi) is 3.97. The van der Waals surface area contributed by atoms with Crippen LogP contribution in [-0.2, 0) is 9.53 Å². The number of nitro groups is 1. The molecule has 0 bridgehead atoms. The van der Waals surface area contributed by atoms with Crippen LogP contribution in [0.2, 0.25) is 0 Å². The highest BCUT2D eigenvalue weighted by atomic mass is 19.1. The lowest BCUT2D eigenvalue weighted by atomic mass is 10.1. The van der Waals surface area contributed by atoms with Gasteiger partial charge in [-0.25, -0.2) is 9.18 Å². The van der Waals surface area contributed by atoms with Crippen LogP contribution in [-0.4, -0.2) is 25.1 Å². The Morgan fingerprint density at radius 3 is 2.59 bits per heavy atom. The van der Waals surface area contributed by atoms with E-state index in [0.29, 0.717) is 0 Å². The maximum absolute atomic E-state index is 13.5. The Labute approximate surface area is 96.1 Å². The summed E-state index contributed by atoms with van der Waals surface area (Å²) in [5, 5.41) is 10.7. The number of benzene rings is 1. The van der Waals surface area contributed by atoms with Crippen LogP contribution in [0.3, 0.4) is 0 Å². The van der Waals surface area contributed by atoms with Crippen LogP contribution in [0.1, 0.15) is 11.7 Å². The second kappa shape index (κ2) is 5.24. The molecule has 0 amide bonds. The molecule has 0 aromatic heterocycles. The SMILES string of the molecule is COC(=O)C(F)c1ccc(OC)c([N+](=O)[O-])c1. The van der Waals surface area contributed by atoms with Gasteiger partial charge in [0, 0.05) is 11.6 Å². The zero-order chi connectivity index (χ0) is 13.0. The van der Waals surface area contributed by atoms with E-state index in [1.807, 2.05) is 0 Å². The summed E-state index contributed by atoms with van der Waals surface area (Å²) in [7, 11) is 2.29. The van der Waals surface area contributed by atoms with Crippen molar-refractivity contribution >= 4 is 11.7 Å². The van der Waals surface area contributed by atoms with Crippen molar-refractivity contribution in [3.63, 3.8) is 0 Å². The summed E-state index contributed by atoms with van der Waals surface area (Å²) in [6.45, 7) is 0. The lowest BCUT2D eigenvalue weighted by molar-refractivity contribution is -0.385. The third kappa shape index (κ3) is 2.68. The van der Waals surface area contributed by atoms with E-state index in [0.717, 1.165) is 13.2 Å². The molecule has 0 aliphatic carbocycles. The molecule has 1 aromatic rings. The normalized spacial score (nSPS) is 11.7. The molecule has 0 heterocycles. The van der Waals surface area contributed by atoms with Gasteiger partial charge < -0.3 is 9.47 Å². The molecule has 0 saturated heterocycles. The van der Waals surface area contributed by atoms with Crippen LogP contribution >= 0.6 is 0 Å². The van der Waals surface area contributed by atoms with Crippen molar-refractivity contribution in [2.75, 3.05) is 14.2 Å². The highest BCUT2D eigenvalue weighted by Gasteiger charge is 2.24. The molecule has 92 valence electrons. The first-order valence-corrected chi connectivity index (χ1v) is 4.55. The van der Waals surface area contributed by atoms with Crippen LogP contribution in [0.4, 0.5) is 10.1 Å². The molecule has 1 unspecified atom stereocenters. The second-order valence-electron chi connectivity index (χ2n) is 3.07. The predicted molar refractivity (Wildman–Crippen MR) is 55.5 cm³/mol. The summed E-state index contributed by atoms with van der Waals surface area (Å²) in [6, 6.07) is 3.40. The number of nitro benzene ring substituents is 1. The van der Waals surface area contributed by atoms with E-state index < -0.39 is 22.8 Å². The fraction of sp³-hybridized carbons (Fsp3) is 0.300. The van der Waals surface area contributed by atoms with Gasteiger partial charge in [-0.15, -0.1) is 0 Å². The largest absolute Gasteiger partial charge is 0.490 e. The number of carbonyl (C=O) groups is 1. The molecule has 1 atom stereocenters. The summed E-state index contributed by atoms with van der Waals surface area (Å²) in [5.74, 6) is -1.11. The van der Waals surface area contributed by atoms with E-state index in [4.69, 9.17) is 4.74 Å². The Morgan fingerprint density at radius 2 is 2.12 bits per heavy atom. The topological polar surface area (TPSA) is 78.7 Å². The van der Waals surface area contributed by atoms with Crippen molar-refractivity contribution in [3.8, 4) is 5.75 Å². The molecule has 0 N–H and O–H groups in total. The van der Waals surface area contributed by atoms with Gasteiger partial charge in [0.25, 0.3) is 0 Å².